The van der Waals surface area contributed by atoms with Gasteiger partial charge in [0, 0.05) is 27.2 Å². The quantitative estimate of drug-likeness (QED) is 0.524. The summed E-state index contributed by atoms with van der Waals surface area (Å²) < 4.78 is 0. The van der Waals surface area contributed by atoms with Crippen LogP contribution in [0.15, 0.2) is 0 Å². The van der Waals surface area contributed by atoms with Gasteiger partial charge < -0.3 is 5.32 Å². The molecule has 0 aromatic rings. The number of hydrogen-bond donors (Lipinski definition) is 1. The van der Waals surface area contributed by atoms with Crippen LogP contribution in [0.1, 0.15) is 33.1 Å². The van der Waals surface area contributed by atoms with E-state index in [1.54, 1.807) is 5.01 Å². The number of carbonyl (C=O) groups is 1. The molecule has 84 valence electrons. The minimum absolute atomic E-state index is 0.00491. The molecule has 0 aliphatic heterocycles. The average Bonchev–Trinajstić information content (AvgIpc) is 2.13. The molecular formula is C10H23N3O. The van der Waals surface area contributed by atoms with Gasteiger partial charge in [0.25, 0.3) is 0 Å². The van der Waals surface area contributed by atoms with E-state index in [-0.39, 0.29) is 6.03 Å². The molecular weight excluding hydrogens is 178 g/mol. The van der Waals surface area contributed by atoms with Gasteiger partial charge in [0.2, 0.25) is 0 Å². The van der Waals surface area contributed by atoms with Crippen molar-refractivity contribution < 1.29 is 4.79 Å². The van der Waals surface area contributed by atoms with Gasteiger partial charge in [-0.25, -0.2) is 9.80 Å². The maximum Gasteiger partial charge on any atom is 0.331 e. The summed E-state index contributed by atoms with van der Waals surface area (Å²) in [6, 6.07) is 0.00491. The lowest BCUT2D eigenvalue weighted by Crippen LogP contribution is -2.48. The number of carbonyl (C=O) groups excluding carboxylic acids is 1. The first-order valence-electron chi connectivity index (χ1n) is 5.36. The number of hydrogen-bond acceptors (Lipinski definition) is 2. The van der Waals surface area contributed by atoms with E-state index >= 15 is 0 Å². The van der Waals surface area contributed by atoms with Crippen molar-refractivity contribution in [2.75, 3.05) is 27.2 Å². The Morgan fingerprint density at radius 2 is 1.86 bits per heavy atom. The fourth-order valence-corrected chi connectivity index (χ4v) is 1.16. The van der Waals surface area contributed by atoms with E-state index in [0.29, 0.717) is 0 Å². The van der Waals surface area contributed by atoms with Crippen LogP contribution in [0.2, 0.25) is 0 Å². The molecule has 0 aliphatic rings. The van der Waals surface area contributed by atoms with Gasteiger partial charge in [0.05, 0.1) is 0 Å². The van der Waals surface area contributed by atoms with Crippen molar-refractivity contribution in [2.45, 2.75) is 33.1 Å². The van der Waals surface area contributed by atoms with Gasteiger partial charge >= 0.3 is 6.03 Å². The number of hydrazine groups is 1. The third kappa shape index (κ3) is 5.07. The Morgan fingerprint density at radius 3 is 2.29 bits per heavy atom. The Morgan fingerprint density at radius 1 is 1.21 bits per heavy atom. The molecule has 1 N–H and O–H groups in total. The van der Waals surface area contributed by atoms with Crippen LogP contribution < -0.4 is 5.32 Å². The normalized spacial score (nSPS) is 10.4. The number of amides is 2. The maximum atomic E-state index is 11.6. The van der Waals surface area contributed by atoms with Gasteiger partial charge in [-0.05, 0) is 12.8 Å². The molecule has 0 aromatic carbocycles. The maximum absolute atomic E-state index is 11.6. The fraction of sp³-hybridized carbons (Fsp3) is 0.900. The Kier molecular flexibility index (Phi) is 7.20. The smallest absolute Gasteiger partial charge is 0.331 e. The highest BCUT2D eigenvalue weighted by molar-refractivity contribution is 5.73. The Labute approximate surface area is 87.2 Å². The topological polar surface area (TPSA) is 35.6 Å². The SMILES string of the molecule is CCCCNC(=O)N(CCC)N(C)C. The summed E-state index contributed by atoms with van der Waals surface area (Å²) in [5.41, 5.74) is 0. The summed E-state index contributed by atoms with van der Waals surface area (Å²) in [5.74, 6) is 0. The third-order valence-corrected chi connectivity index (χ3v) is 1.96. The number of nitrogens with zero attached hydrogens (tertiary/aromatic N) is 2. The van der Waals surface area contributed by atoms with Crippen molar-refractivity contribution in [1.29, 1.82) is 0 Å². The second-order valence-corrected chi connectivity index (χ2v) is 3.56. The molecule has 0 unspecified atom stereocenters. The highest BCUT2D eigenvalue weighted by atomic mass is 16.2. The summed E-state index contributed by atoms with van der Waals surface area (Å²) in [6.07, 6.45) is 3.12. The Balaban J connectivity index is 3.89. The molecule has 0 aromatic heterocycles. The molecule has 0 saturated heterocycles. The van der Waals surface area contributed by atoms with Gasteiger partial charge in [-0.2, -0.15) is 0 Å². The van der Waals surface area contributed by atoms with Crippen molar-refractivity contribution in [3.8, 4) is 0 Å². The lowest BCUT2D eigenvalue weighted by Gasteiger charge is -2.28. The van der Waals surface area contributed by atoms with Crippen molar-refractivity contribution in [3.05, 3.63) is 0 Å². The van der Waals surface area contributed by atoms with Gasteiger partial charge in [-0.3, -0.25) is 5.01 Å². The van der Waals surface area contributed by atoms with Crippen molar-refractivity contribution in [3.63, 3.8) is 0 Å². The van der Waals surface area contributed by atoms with Crippen molar-refractivity contribution >= 4 is 6.03 Å². The number of unbranched alkanes of at least 4 members (excludes halogenated alkanes) is 1. The molecule has 2 amide bonds. The van der Waals surface area contributed by atoms with Crippen LogP contribution in [0, 0.1) is 0 Å². The Bertz CT molecular complexity index is 159. The predicted molar refractivity (Wildman–Crippen MR) is 59.0 cm³/mol. The number of nitrogens with one attached hydrogen (secondary N) is 1. The summed E-state index contributed by atoms with van der Waals surface area (Å²) in [5, 5.41) is 6.44. The van der Waals surface area contributed by atoms with E-state index in [9.17, 15) is 4.79 Å². The van der Waals surface area contributed by atoms with Crippen LogP contribution in [-0.4, -0.2) is 43.2 Å². The van der Waals surface area contributed by atoms with E-state index in [1.165, 1.54) is 0 Å². The molecule has 4 heteroatoms. The largest absolute Gasteiger partial charge is 0.337 e. The average molecular weight is 201 g/mol. The zero-order chi connectivity index (χ0) is 11.0. The first-order chi connectivity index (χ1) is 6.63. The highest BCUT2D eigenvalue weighted by Gasteiger charge is 2.13. The van der Waals surface area contributed by atoms with Crippen LogP contribution >= 0.6 is 0 Å². The number of urea groups is 1. The zero-order valence-corrected chi connectivity index (χ0v) is 9.84. The monoisotopic (exact) mass is 201 g/mol. The molecule has 0 saturated carbocycles. The lowest BCUT2D eigenvalue weighted by atomic mass is 10.3. The predicted octanol–water partition coefficient (Wildman–Crippen LogP) is 1.68. The van der Waals surface area contributed by atoms with Gasteiger partial charge in [-0.1, -0.05) is 20.3 Å². The summed E-state index contributed by atoms with van der Waals surface area (Å²) in [4.78, 5) is 11.6. The van der Waals surface area contributed by atoms with E-state index < -0.39 is 0 Å². The first kappa shape index (κ1) is 13.2. The Hall–Kier alpha value is -0.770. The van der Waals surface area contributed by atoms with Crippen molar-refractivity contribution in [1.82, 2.24) is 15.3 Å². The molecule has 0 fully saturated rings. The van der Waals surface area contributed by atoms with E-state index in [1.807, 2.05) is 19.1 Å². The van der Waals surface area contributed by atoms with Crippen LogP contribution in [0.5, 0.6) is 0 Å². The van der Waals surface area contributed by atoms with E-state index in [2.05, 4.69) is 19.2 Å². The minimum Gasteiger partial charge on any atom is -0.337 e. The molecule has 4 nitrogen and oxygen atoms in total. The summed E-state index contributed by atoms with van der Waals surface area (Å²) >= 11 is 0. The molecule has 0 atom stereocenters. The molecule has 0 spiro atoms. The van der Waals surface area contributed by atoms with Crippen LogP contribution in [0.25, 0.3) is 0 Å². The molecule has 0 aliphatic carbocycles. The lowest BCUT2D eigenvalue weighted by molar-refractivity contribution is 0.0629. The third-order valence-electron chi connectivity index (χ3n) is 1.96. The van der Waals surface area contributed by atoms with Gasteiger partial charge in [0.1, 0.15) is 0 Å². The fourth-order valence-electron chi connectivity index (χ4n) is 1.16. The number of rotatable bonds is 6. The first-order valence-corrected chi connectivity index (χ1v) is 5.36. The molecule has 0 rings (SSSR count). The summed E-state index contributed by atoms with van der Waals surface area (Å²) in [7, 11) is 3.77. The van der Waals surface area contributed by atoms with Crippen LogP contribution in [0.4, 0.5) is 4.79 Å². The zero-order valence-electron chi connectivity index (χ0n) is 9.84. The molecule has 0 bridgehead atoms. The van der Waals surface area contributed by atoms with Gasteiger partial charge in [0.15, 0.2) is 0 Å². The van der Waals surface area contributed by atoms with Crippen LogP contribution in [0.3, 0.4) is 0 Å². The highest BCUT2D eigenvalue weighted by Crippen LogP contribution is 1.95. The standard InChI is InChI=1S/C10H23N3O/c1-5-7-8-11-10(14)13(9-6-2)12(3)4/h5-9H2,1-4H3,(H,11,14). The van der Waals surface area contributed by atoms with Crippen LogP contribution in [-0.2, 0) is 0 Å². The second kappa shape index (κ2) is 7.62. The molecule has 0 heterocycles. The molecule has 0 radical (unpaired) electrons. The van der Waals surface area contributed by atoms with E-state index in [0.717, 1.165) is 32.4 Å². The van der Waals surface area contributed by atoms with E-state index in [4.69, 9.17) is 0 Å². The second-order valence-electron chi connectivity index (χ2n) is 3.56. The molecule has 14 heavy (non-hydrogen) atoms. The minimum atomic E-state index is 0.00491. The van der Waals surface area contributed by atoms with Gasteiger partial charge in [-0.15, -0.1) is 0 Å². The summed E-state index contributed by atoms with van der Waals surface area (Å²) in [6.45, 7) is 5.71. The van der Waals surface area contributed by atoms with Crippen molar-refractivity contribution in [2.24, 2.45) is 0 Å².